The van der Waals surface area contributed by atoms with Crippen molar-refractivity contribution in [3.63, 3.8) is 0 Å². The van der Waals surface area contributed by atoms with E-state index in [1.165, 1.54) is 19.3 Å². The lowest BCUT2D eigenvalue weighted by Gasteiger charge is -2.43. The number of nitrogens with one attached hydrogen (secondary N) is 1. The van der Waals surface area contributed by atoms with Crippen LogP contribution in [-0.2, 0) is 4.79 Å². The summed E-state index contributed by atoms with van der Waals surface area (Å²) < 4.78 is 14.4. The van der Waals surface area contributed by atoms with Crippen LogP contribution in [0.2, 0.25) is 0 Å². The maximum absolute atomic E-state index is 14.4. The predicted molar refractivity (Wildman–Crippen MR) is 103 cm³/mol. The Hall–Kier alpha value is -1.62. The topological polar surface area (TPSA) is 35.6 Å². The number of hydrogen-bond donors (Lipinski definition) is 1. The molecule has 2 saturated carbocycles. The van der Waals surface area contributed by atoms with E-state index in [1.807, 2.05) is 12.1 Å². The summed E-state index contributed by atoms with van der Waals surface area (Å²) in [6.07, 6.45) is 9.06. The molecule has 1 heterocycles. The molecule has 4 rings (SSSR count). The zero-order chi connectivity index (χ0) is 17.9. The monoisotopic (exact) mass is 359 g/mol. The summed E-state index contributed by atoms with van der Waals surface area (Å²) in [6.45, 7) is 3.89. The number of rotatable bonds is 5. The number of carbonyl (C=O) groups excluding carboxylic acids is 1. The fraction of sp³-hybridized carbons (Fsp3) is 0.667. The zero-order valence-corrected chi connectivity index (χ0v) is 15.5. The molecule has 1 aromatic rings. The van der Waals surface area contributed by atoms with E-state index in [0.29, 0.717) is 6.04 Å². The lowest BCUT2D eigenvalue weighted by molar-refractivity contribution is -0.111. The van der Waals surface area contributed by atoms with Gasteiger partial charge in [0.25, 0.3) is 0 Å². The third-order valence-corrected chi connectivity index (χ3v) is 6.53. The third-order valence-electron chi connectivity index (χ3n) is 6.53. The van der Waals surface area contributed by atoms with Crippen molar-refractivity contribution < 1.29 is 9.18 Å². The van der Waals surface area contributed by atoms with Gasteiger partial charge in [-0.15, -0.1) is 0 Å². The standard InChI is InChI=1S/C21H30FN3O/c22-20-9-8-18(23-17-6-4-16(15-26)5-7-17)14-21(20)25-12-10-24(11-13-25)19-2-1-3-19/h8-9,14-17,19,23H,1-7,10-13H2. The van der Waals surface area contributed by atoms with Crippen LogP contribution in [0, 0.1) is 11.7 Å². The number of anilines is 2. The van der Waals surface area contributed by atoms with Gasteiger partial charge in [-0.05, 0) is 56.7 Å². The van der Waals surface area contributed by atoms with Gasteiger partial charge < -0.3 is 15.0 Å². The first-order valence-electron chi connectivity index (χ1n) is 10.2. The molecule has 0 radical (unpaired) electrons. The molecule has 0 unspecified atom stereocenters. The number of nitrogens with zero attached hydrogens (tertiary/aromatic N) is 2. The second-order valence-electron chi connectivity index (χ2n) is 8.17. The summed E-state index contributed by atoms with van der Waals surface area (Å²) in [5.41, 5.74) is 1.72. The molecule has 0 amide bonds. The van der Waals surface area contributed by atoms with Crippen LogP contribution >= 0.6 is 0 Å². The molecule has 1 saturated heterocycles. The van der Waals surface area contributed by atoms with Gasteiger partial charge >= 0.3 is 0 Å². The Morgan fingerprint density at radius 1 is 1.00 bits per heavy atom. The molecule has 2 aliphatic carbocycles. The molecule has 3 aliphatic rings. The Morgan fingerprint density at radius 3 is 2.35 bits per heavy atom. The van der Waals surface area contributed by atoms with Crippen LogP contribution in [0.1, 0.15) is 44.9 Å². The van der Waals surface area contributed by atoms with Crippen molar-refractivity contribution in [3.8, 4) is 0 Å². The van der Waals surface area contributed by atoms with Crippen molar-refractivity contribution in [2.24, 2.45) is 5.92 Å². The maximum Gasteiger partial charge on any atom is 0.146 e. The van der Waals surface area contributed by atoms with Crippen molar-refractivity contribution in [1.82, 2.24) is 4.90 Å². The Kier molecular flexibility index (Phi) is 5.44. The van der Waals surface area contributed by atoms with E-state index in [2.05, 4.69) is 15.1 Å². The summed E-state index contributed by atoms with van der Waals surface area (Å²) in [4.78, 5) is 15.7. The number of hydrogen-bond acceptors (Lipinski definition) is 4. The number of benzene rings is 1. The highest BCUT2D eigenvalue weighted by Crippen LogP contribution is 2.30. The molecule has 4 nitrogen and oxygen atoms in total. The predicted octanol–water partition coefficient (Wildman–Crippen LogP) is 3.67. The third kappa shape index (κ3) is 3.88. The van der Waals surface area contributed by atoms with Crippen LogP contribution in [0.4, 0.5) is 15.8 Å². The highest BCUT2D eigenvalue weighted by Gasteiger charge is 2.28. The van der Waals surface area contributed by atoms with Gasteiger partial charge in [0, 0.05) is 49.9 Å². The van der Waals surface area contributed by atoms with E-state index < -0.39 is 0 Å². The molecular weight excluding hydrogens is 329 g/mol. The van der Waals surface area contributed by atoms with Gasteiger partial charge in [-0.25, -0.2) is 4.39 Å². The minimum atomic E-state index is -0.127. The van der Waals surface area contributed by atoms with E-state index in [-0.39, 0.29) is 11.7 Å². The van der Waals surface area contributed by atoms with Gasteiger partial charge in [-0.1, -0.05) is 6.42 Å². The summed E-state index contributed by atoms with van der Waals surface area (Å²) in [5.74, 6) is 0.0982. The lowest BCUT2D eigenvalue weighted by Crippen LogP contribution is -2.52. The smallest absolute Gasteiger partial charge is 0.146 e. The molecule has 5 heteroatoms. The quantitative estimate of drug-likeness (QED) is 0.814. The van der Waals surface area contributed by atoms with Crippen LogP contribution < -0.4 is 10.2 Å². The fourth-order valence-corrected chi connectivity index (χ4v) is 4.56. The van der Waals surface area contributed by atoms with Crippen LogP contribution in [0.25, 0.3) is 0 Å². The Bertz CT molecular complexity index is 618. The number of halogens is 1. The summed E-state index contributed by atoms with van der Waals surface area (Å²) in [5, 5.41) is 3.56. The Labute approximate surface area is 155 Å². The summed E-state index contributed by atoms with van der Waals surface area (Å²) in [6, 6.07) is 6.57. The van der Waals surface area contributed by atoms with Gasteiger partial charge in [0.2, 0.25) is 0 Å². The van der Waals surface area contributed by atoms with Crippen LogP contribution in [0.15, 0.2) is 18.2 Å². The van der Waals surface area contributed by atoms with Crippen molar-refractivity contribution >= 4 is 17.7 Å². The molecule has 1 N–H and O–H groups in total. The van der Waals surface area contributed by atoms with Gasteiger partial charge in [0.05, 0.1) is 5.69 Å². The first-order valence-corrected chi connectivity index (χ1v) is 10.2. The SMILES string of the molecule is O=CC1CCC(Nc2ccc(F)c(N3CCN(C4CCC4)CC3)c2)CC1. The molecular formula is C21H30FN3O. The van der Waals surface area contributed by atoms with Gasteiger partial charge in [-0.3, -0.25) is 4.90 Å². The van der Waals surface area contributed by atoms with Crippen molar-refractivity contribution in [1.29, 1.82) is 0 Å². The molecule has 1 aromatic carbocycles. The number of piperazine rings is 1. The average Bonchev–Trinajstić information content (AvgIpc) is 2.63. The van der Waals surface area contributed by atoms with Crippen molar-refractivity contribution in [3.05, 3.63) is 24.0 Å². The molecule has 0 aromatic heterocycles. The number of carbonyl (C=O) groups is 1. The van der Waals surface area contributed by atoms with Crippen molar-refractivity contribution in [2.75, 3.05) is 36.4 Å². The summed E-state index contributed by atoms with van der Waals surface area (Å²) in [7, 11) is 0. The van der Waals surface area contributed by atoms with Crippen molar-refractivity contribution in [2.45, 2.75) is 57.0 Å². The van der Waals surface area contributed by atoms with Crippen LogP contribution in [0.5, 0.6) is 0 Å². The molecule has 0 atom stereocenters. The second-order valence-corrected chi connectivity index (χ2v) is 8.17. The van der Waals surface area contributed by atoms with E-state index in [0.717, 1.165) is 75.6 Å². The minimum Gasteiger partial charge on any atom is -0.382 e. The molecule has 0 spiro atoms. The van der Waals surface area contributed by atoms with Crippen LogP contribution in [-0.4, -0.2) is 49.4 Å². The normalized spacial score (nSPS) is 27.8. The van der Waals surface area contributed by atoms with Gasteiger partial charge in [0.15, 0.2) is 0 Å². The fourth-order valence-electron chi connectivity index (χ4n) is 4.56. The molecule has 3 fully saturated rings. The van der Waals surface area contributed by atoms with E-state index in [4.69, 9.17) is 0 Å². The molecule has 0 bridgehead atoms. The Balaban J connectivity index is 1.36. The summed E-state index contributed by atoms with van der Waals surface area (Å²) >= 11 is 0. The first-order chi connectivity index (χ1) is 12.7. The molecule has 1 aliphatic heterocycles. The van der Waals surface area contributed by atoms with E-state index >= 15 is 0 Å². The first kappa shape index (κ1) is 17.8. The van der Waals surface area contributed by atoms with Gasteiger partial charge in [0.1, 0.15) is 12.1 Å². The maximum atomic E-state index is 14.4. The molecule has 142 valence electrons. The minimum absolute atomic E-state index is 0.127. The lowest BCUT2D eigenvalue weighted by atomic mass is 9.87. The highest BCUT2D eigenvalue weighted by atomic mass is 19.1. The second kappa shape index (κ2) is 7.95. The highest BCUT2D eigenvalue weighted by molar-refractivity contribution is 5.60. The van der Waals surface area contributed by atoms with Crippen LogP contribution in [0.3, 0.4) is 0 Å². The van der Waals surface area contributed by atoms with E-state index in [1.54, 1.807) is 6.07 Å². The van der Waals surface area contributed by atoms with Gasteiger partial charge in [-0.2, -0.15) is 0 Å². The molecule has 26 heavy (non-hydrogen) atoms. The Morgan fingerprint density at radius 2 is 1.73 bits per heavy atom. The average molecular weight is 359 g/mol. The van der Waals surface area contributed by atoms with E-state index in [9.17, 15) is 9.18 Å². The number of aldehydes is 1. The largest absolute Gasteiger partial charge is 0.382 e. The zero-order valence-electron chi connectivity index (χ0n) is 15.5.